The van der Waals surface area contributed by atoms with Crippen LogP contribution in [-0.4, -0.2) is 40.5 Å². The minimum Gasteiger partial charge on any atom is -0.345 e. The van der Waals surface area contributed by atoms with Gasteiger partial charge in [0.25, 0.3) is 11.8 Å². The van der Waals surface area contributed by atoms with Crippen molar-refractivity contribution in [3.8, 4) is 0 Å². The Morgan fingerprint density at radius 2 is 1.73 bits per heavy atom. The van der Waals surface area contributed by atoms with Gasteiger partial charge in [-0.15, -0.1) is 10.6 Å². The van der Waals surface area contributed by atoms with Crippen molar-refractivity contribution in [2.75, 3.05) is 6.54 Å². The minimum absolute atomic E-state index is 0.0971. The van der Waals surface area contributed by atoms with Crippen LogP contribution in [0.1, 0.15) is 101 Å². The van der Waals surface area contributed by atoms with Crippen LogP contribution in [0.3, 0.4) is 0 Å². The van der Waals surface area contributed by atoms with Crippen molar-refractivity contribution >= 4 is 46.6 Å². The molecule has 1 fully saturated rings. The normalized spacial score (nSPS) is 22.5. The van der Waals surface area contributed by atoms with Gasteiger partial charge in [-0.1, -0.05) is 70.0 Å². The number of amides is 2. The van der Waals surface area contributed by atoms with Gasteiger partial charge in [0.15, 0.2) is 5.84 Å². The zero-order valence-corrected chi connectivity index (χ0v) is 27.6. The molecule has 3 aliphatic rings. The summed E-state index contributed by atoms with van der Waals surface area (Å²) in [4.78, 5) is 34.7. The number of rotatable bonds is 9. The van der Waals surface area contributed by atoms with E-state index in [4.69, 9.17) is 28.2 Å². The predicted octanol–water partition coefficient (Wildman–Crippen LogP) is 6.39. The molecule has 2 amide bonds. The Morgan fingerprint density at radius 1 is 1.07 bits per heavy atom. The number of hydrazone groups is 1. The number of carbonyl (C=O) groups is 2. The highest BCUT2D eigenvalue weighted by Crippen LogP contribution is 2.50. The van der Waals surface area contributed by atoms with Crippen molar-refractivity contribution in [3.05, 3.63) is 69.2 Å². The molecule has 0 unspecified atom stereocenters. The number of carbonyl (C=O) groups excluding carboxylic acids is 2. The van der Waals surface area contributed by atoms with Crippen LogP contribution >= 0.6 is 23.2 Å². The zero-order chi connectivity index (χ0) is 31.6. The van der Waals surface area contributed by atoms with Gasteiger partial charge in [0.05, 0.1) is 12.6 Å². The number of aliphatic imine (C=N–C) groups is 1. The molecule has 9 nitrogen and oxygen atoms in total. The Labute approximate surface area is 270 Å². The lowest BCUT2D eigenvalue weighted by atomic mass is 9.69. The molecule has 0 radical (unpaired) electrons. The Hall–Kier alpha value is -3.14. The number of nitrogens with one attached hydrogen (secondary N) is 4. The lowest BCUT2D eigenvalue weighted by Crippen LogP contribution is -2.51. The number of nitrogens with zero attached hydrogens (tertiary/aromatic N) is 3. The number of hydrogen-bond donors (Lipinski definition) is 4. The molecule has 2 aliphatic heterocycles. The van der Waals surface area contributed by atoms with Gasteiger partial charge in [0.1, 0.15) is 11.4 Å². The second-order valence-electron chi connectivity index (χ2n) is 13.6. The fraction of sp³-hybridized carbons (Fsp3) is 0.515. The van der Waals surface area contributed by atoms with E-state index >= 15 is 0 Å². The highest BCUT2D eigenvalue weighted by Gasteiger charge is 2.52. The standard InChI is InChI=1S/C33H43Cl2N7O2/c1-20(2)6-11-27(21-7-9-22(10-8-21)30(43)36-19-28-38-40-41-39-28)42-31(44)29(23-16-25(34)18-26(35)17-23)37-33(42)14-12-24(13-15-33)32(3,4)5/h7-10,16-18,20,24,27,40-41H,6,11-15,19H2,1-5H3,(H,36,43)(H,38,39)/t24?,27-,33?/m1/s1. The van der Waals surface area contributed by atoms with Crippen LogP contribution in [0.25, 0.3) is 0 Å². The second-order valence-corrected chi connectivity index (χ2v) is 14.5. The Bertz CT molecular complexity index is 1420. The van der Waals surface area contributed by atoms with Gasteiger partial charge in [-0.05, 0) is 91.7 Å². The van der Waals surface area contributed by atoms with Gasteiger partial charge in [0.2, 0.25) is 0 Å². The van der Waals surface area contributed by atoms with E-state index in [2.05, 4.69) is 66.4 Å². The molecule has 4 N–H and O–H groups in total. The van der Waals surface area contributed by atoms with Crippen LogP contribution < -0.4 is 21.8 Å². The fourth-order valence-electron chi connectivity index (χ4n) is 6.59. The van der Waals surface area contributed by atoms with Crippen molar-refractivity contribution in [3.63, 3.8) is 0 Å². The molecule has 1 aliphatic carbocycles. The smallest absolute Gasteiger partial charge is 0.275 e. The third-order valence-corrected chi connectivity index (χ3v) is 9.53. The largest absolute Gasteiger partial charge is 0.345 e. The summed E-state index contributed by atoms with van der Waals surface area (Å²) in [5.74, 6) is 1.29. The quantitative estimate of drug-likeness (QED) is 0.254. The first-order valence-corrected chi connectivity index (χ1v) is 16.2. The van der Waals surface area contributed by atoms with E-state index in [1.807, 2.05) is 24.3 Å². The van der Waals surface area contributed by atoms with Crippen molar-refractivity contribution in [2.24, 2.45) is 27.3 Å². The maximum atomic E-state index is 14.5. The SMILES string of the molecule is CC(C)CC[C@H](c1ccc(C(=O)NCC2=NNNN2)cc1)N1C(=O)C(c2cc(Cl)cc(Cl)c2)=NC12CCC(C(C)(C)C)CC2. The summed E-state index contributed by atoms with van der Waals surface area (Å²) in [6.45, 7) is 11.5. The molecule has 2 aromatic carbocycles. The van der Waals surface area contributed by atoms with Crippen LogP contribution in [0.5, 0.6) is 0 Å². The number of hydrazine groups is 2. The predicted molar refractivity (Wildman–Crippen MR) is 176 cm³/mol. The molecule has 44 heavy (non-hydrogen) atoms. The number of amidine groups is 1. The van der Waals surface area contributed by atoms with Crippen molar-refractivity contribution < 1.29 is 9.59 Å². The minimum atomic E-state index is -0.655. The number of benzene rings is 2. The summed E-state index contributed by atoms with van der Waals surface area (Å²) in [7, 11) is 0. The fourth-order valence-corrected chi connectivity index (χ4v) is 7.11. The molecular weight excluding hydrogens is 597 g/mol. The van der Waals surface area contributed by atoms with Crippen LogP contribution in [0.4, 0.5) is 0 Å². The second kappa shape index (κ2) is 13.1. The summed E-state index contributed by atoms with van der Waals surface area (Å²) in [5.41, 5.74) is 10.2. The van der Waals surface area contributed by atoms with E-state index in [1.165, 1.54) is 0 Å². The molecule has 0 bridgehead atoms. The monoisotopic (exact) mass is 639 g/mol. The summed E-state index contributed by atoms with van der Waals surface area (Å²) in [6, 6.07) is 12.6. The van der Waals surface area contributed by atoms with Gasteiger partial charge in [-0.2, -0.15) is 0 Å². The van der Waals surface area contributed by atoms with Crippen molar-refractivity contribution in [1.82, 2.24) is 26.7 Å². The Morgan fingerprint density at radius 3 is 2.30 bits per heavy atom. The number of halogens is 2. The van der Waals surface area contributed by atoms with E-state index < -0.39 is 5.66 Å². The molecule has 0 saturated heterocycles. The maximum Gasteiger partial charge on any atom is 0.275 e. The molecule has 0 aromatic heterocycles. The van der Waals surface area contributed by atoms with E-state index in [0.717, 1.165) is 44.1 Å². The van der Waals surface area contributed by atoms with Gasteiger partial charge >= 0.3 is 0 Å². The molecule has 2 aromatic rings. The average molecular weight is 641 g/mol. The molecule has 1 atom stereocenters. The third-order valence-electron chi connectivity index (χ3n) is 9.09. The topological polar surface area (TPSA) is 110 Å². The molecule has 11 heteroatoms. The molecular formula is C33H43Cl2N7O2. The van der Waals surface area contributed by atoms with Gasteiger partial charge < -0.3 is 10.2 Å². The average Bonchev–Trinajstić information content (AvgIpc) is 3.58. The molecule has 1 saturated carbocycles. The first-order valence-electron chi connectivity index (χ1n) is 15.5. The van der Waals surface area contributed by atoms with Gasteiger partial charge in [-0.3, -0.25) is 20.0 Å². The van der Waals surface area contributed by atoms with Crippen LogP contribution in [0.15, 0.2) is 52.6 Å². The zero-order valence-electron chi connectivity index (χ0n) is 26.1. The first kappa shape index (κ1) is 32.3. The summed E-state index contributed by atoms with van der Waals surface area (Å²) in [6.07, 6.45) is 5.28. The molecule has 236 valence electrons. The van der Waals surface area contributed by atoms with Crippen LogP contribution in [-0.2, 0) is 4.79 Å². The highest BCUT2D eigenvalue weighted by atomic mass is 35.5. The van der Waals surface area contributed by atoms with Gasteiger partial charge in [0, 0.05) is 21.2 Å². The maximum absolute atomic E-state index is 14.5. The molecule has 1 spiro atoms. The van der Waals surface area contributed by atoms with Crippen molar-refractivity contribution in [1.29, 1.82) is 0 Å². The van der Waals surface area contributed by atoms with E-state index in [1.54, 1.807) is 18.2 Å². The van der Waals surface area contributed by atoms with Gasteiger partial charge in [-0.25, -0.2) is 5.53 Å². The van der Waals surface area contributed by atoms with E-state index in [0.29, 0.717) is 44.6 Å². The Kier molecular flexibility index (Phi) is 9.58. The van der Waals surface area contributed by atoms with Crippen LogP contribution in [0.2, 0.25) is 10.0 Å². The highest BCUT2D eigenvalue weighted by molar-refractivity contribution is 6.47. The summed E-state index contributed by atoms with van der Waals surface area (Å²) < 4.78 is 0. The molecule has 5 rings (SSSR count). The van der Waals surface area contributed by atoms with E-state index in [9.17, 15) is 9.59 Å². The Balaban J connectivity index is 1.48. The number of hydrogen-bond acceptors (Lipinski definition) is 7. The third kappa shape index (κ3) is 7.05. The first-order chi connectivity index (χ1) is 20.9. The lowest BCUT2D eigenvalue weighted by Gasteiger charge is -2.47. The molecule has 2 heterocycles. The van der Waals surface area contributed by atoms with E-state index in [-0.39, 0.29) is 29.8 Å². The lowest BCUT2D eigenvalue weighted by molar-refractivity contribution is -0.133. The van der Waals surface area contributed by atoms with Crippen molar-refractivity contribution in [2.45, 2.75) is 84.8 Å². The summed E-state index contributed by atoms with van der Waals surface area (Å²) in [5, 5.41) is 7.80. The van der Waals surface area contributed by atoms with Crippen LogP contribution in [0, 0.1) is 17.3 Å². The summed E-state index contributed by atoms with van der Waals surface area (Å²) >= 11 is 12.8.